The summed E-state index contributed by atoms with van der Waals surface area (Å²) in [6.45, 7) is 0.0153. The summed E-state index contributed by atoms with van der Waals surface area (Å²) in [7, 11) is 0. The van der Waals surface area contributed by atoms with Gasteiger partial charge in [0.2, 0.25) is 11.8 Å². The number of nitrogens with zero attached hydrogens (tertiary/aromatic N) is 2. The number of hydrogen-bond donors (Lipinski definition) is 0. The fraction of sp³-hybridized carbons (Fsp3) is 0.207. The molecule has 0 aromatic heterocycles. The maximum Gasteiger partial charge on any atom is 0.338 e. The first-order chi connectivity index (χ1) is 18.8. The predicted molar refractivity (Wildman–Crippen MR) is 140 cm³/mol. The van der Waals surface area contributed by atoms with Gasteiger partial charge in [0, 0.05) is 12.1 Å². The number of non-ortho nitro benzene ring substituents is 1. The fourth-order valence-corrected chi connectivity index (χ4v) is 5.82. The van der Waals surface area contributed by atoms with Crippen LogP contribution in [0.3, 0.4) is 0 Å². The van der Waals surface area contributed by atoms with Crippen molar-refractivity contribution in [2.45, 2.75) is 13.0 Å². The summed E-state index contributed by atoms with van der Waals surface area (Å²) < 4.78 is 11.1. The number of allylic oxidation sites excluding steroid dienone is 2. The molecule has 1 aliphatic heterocycles. The highest BCUT2D eigenvalue weighted by atomic mass is 35.5. The molecular formula is C29H21ClN2O7. The van der Waals surface area contributed by atoms with E-state index in [0.29, 0.717) is 22.6 Å². The second-order valence-electron chi connectivity index (χ2n) is 9.75. The first kappa shape index (κ1) is 24.8. The zero-order valence-electron chi connectivity index (χ0n) is 20.4. The Hall–Kier alpha value is -4.50. The van der Waals surface area contributed by atoms with E-state index in [0.717, 1.165) is 6.42 Å². The van der Waals surface area contributed by atoms with Crippen LogP contribution in [0.1, 0.15) is 22.3 Å². The highest BCUT2D eigenvalue weighted by Gasteiger charge is 2.59. The van der Waals surface area contributed by atoms with E-state index in [4.69, 9.17) is 21.1 Å². The fourth-order valence-electron chi connectivity index (χ4n) is 5.60. The summed E-state index contributed by atoms with van der Waals surface area (Å²) in [5.41, 5.74) is 1.33. The summed E-state index contributed by atoms with van der Waals surface area (Å²) >= 11 is 6.07. The predicted octanol–water partition coefficient (Wildman–Crippen LogP) is 5.71. The molecule has 0 spiro atoms. The van der Waals surface area contributed by atoms with Gasteiger partial charge < -0.3 is 9.47 Å². The Morgan fingerprint density at radius 1 is 0.949 bits per heavy atom. The van der Waals surface area contributed by atoms with E-state index in [-0.39, 0.29) is 58.6 Å². The second kappa shape index (κ2) is 9.67. The molecule has 196 valence electrons. The van der Waals surface area contributed by atoms with Crippen molar-refractivity contribution in [3.63, 3.8) is 0 Å². The van der Waals surface area contributed by atoms with Crippen molar-refractivity contribution in [2.75, 3.05) is 4.90 Å². The Labute approximate surface area is 227 Å². The van der Waals surface area contributed by atoms with Crippen LogP contribution in [0.5, 0.6) is 11.5 Å². The minimum Gasteiger partial charge on any atom is -0.457 e. The van der Waals surface area contributed by atoms with Gasteiger partial charge in [-0.1, -0.05) is 35.9 Å². The molecule has 2 bridgehead atoms. The van der Waals surface area contributed by atoms with Crippen LogP contribution in [0.25, 0.3) is 0 Å². The van der Waals surface area contributed by atoms with Crippen LogP contribution in [0.2, 0.25) is 5.02 Å². The largest absolute Gasteiger partial charge is 0.457 e. The Kier molecular flexibility index (Phi) is 6.15. The van der Waals surface area contributed by atoms with Crippen LogP contribution in [-0.2, 0) is 20.9 Å². The Morgan fingerprint density at radius 3 is 2.18 bits per heavy atom. The topological polar surface area (TPSA) is 116 Å². The van der Waals surface area contributed by atoms with Crippen LogP contribution in [0.4, 0.5) is 11.4 Å². The summed E-state index contributed by atoms with van der Waals surface area (Å²) in [6.07, 6.45) is 4.97. The molecule has 2 amide bonds. The molecule has 1 saturated heterocycles. The van der Waals surface area contributed by atoms with E-state index in [1.807, 2.05) is 0 Å². The van der Waals surface area contributed by atoms with Gasteiger partial charge in [-0.2, -0.15) is 0 Å². The van der Waals surface area contributed by atoms with E-state index < -0.39 is 10.9 Å². The molecule has 39 heavy (non-hydrogen) atoms. The third kappa shape index (κ3) is 4.44. The standard InChI is InChI=1S/C29H21ClN2O7/c30-23-14-21(32(36)37)9-12-24(23)39-22-10-1-16(2-11-22)15-38-29(35)17-5-7-20(8-6-17)31-27(33)25-18-3-4-19(13-18)26(25)28(31)34/h1-12,14,18-19,25-26H,13,15H2/t18-,19-,25-,26+/m0/s1. The zero-order chi connectivity index (χ0) is 27.3. The molecule has 0 radical (unpaired) electrons. The number of halogens is 1. The number of benzene rings is 3. The van der Waals surface area contributed by atoms with Gasteiger partial charge in [0.05, 0.1) is 33.0 Å². The van der Waals surface area contributed by atoms with Crippen LogP contribution >= 0.6 is 11.6 Å². The van der Waals surface area contributed by atoms with E-state index in [1.165, 1.54) is 23.1 Å². The summed E-state index contributed by atoms with van der Waals surface area (Å²) in [4.78, 5) is 50.1. The monoisotopic (exact) mass is 544 g/mol. The molecular weight excluding hydrogens is 524 g/mol. The molecule has 2 aliphatic carbocycles. The number of esters is 1. The van der Waals surface area contributed by atoms with Crippen molar-refractivity contribution in [3.05, 3.63) is 105 Å². The number of hydrogen-bond acceptors (Lipinski definition) is 7. The highest BCUT2D eigenvalue weighted by molar-refractivity contribution is 6.32. The minimum absolute atomic E-state index is 0.0153. The molecule has 10 heteroatoms. The maximum atomic E-state index is 13.0. The molecule has 3 aromatic carbocycles. The summed E-state index contributed by atoms with van der Waals surface area (Å²) in [6, 6.07) is 17.0. The average Bonchev–Trinajstić information content (AvgIpc) is 3.62. The normalized spacial score (nSPS) is 22.7. The van der Waals surface area contributed by atoms with Gasteiger partial charge in [0.1, 0.15) is 18.1 Å². The third-order valence-corrected chi connectivity index (χ3v) is 7.77. The van der Waals surface area contributed by atoms with Crippen LogP contribution in [0.15, 0.2) is 78.9 Å². The Balaban J connectivity index is 1.05. The van der Waals surface area contributed by atoms with Gasteiger partial charge in [-0.3, -0.25) is 24.6 Å². The van der Waals surface area contributed by atoms with Gasteiger partial charge in [0.25, 0.3) is 5.69 Å². The SMILES string of the molecule is O=C(OCc1ccc(Oc2ccc([N+](=O)[O-])cc2Cl)cc1)c1ccc(N2C(=O)[C@@H]3[C@H](C2=O)[C@H]2C=C[C@H]3C2)cc1. The number of ether oxygens (including phenoxy) is 2. The molecule has 1 heterocycles. The van der Waals surface area contributed by atoms with Crippen LogP contribution < -0.4 is 9.64 Å². The van der Waals surface area contributed by atoms with Crippen molar-refractivity contribution < 1.29 is 28.8 Å². The number of anilines is 1. The highest BCUT2D eigenvalue weighted by Crippen LogP contribution is 2.53. The number of rotatable bonds is 7. The number of carbonyl (C=O) groups excluding carboxylic acids is 3. The zero-order valence-corrected chi connectivity index (χ0v) is 21.1. The molecule has 4 atom stereocenters. The van der Waals surface area contributed by atoms with Crippen molar-refractivity contribution in [3.8, 4) is 11.5 Å². The lowest BCUT2D eigenvalue weighted by Gasteiger charge is -2.17. The van der Waals surface area contributed by atoms with Gasteiger partial charge in [-0.25, -0.2) is 4.79 Å². The summed E-state index contributed by atoms with van der Waals surface area (Å²) in [5, 5.41) is 11.0. The van der Waals surface area contributed by atoms with Crippen LogP contribution in [0, 0.1) is 33.8 Å². The third-order valence-electron chi connectivity index (χ3n) is 7.48. The number of imide groups is 1. The molecule has 9 nitrogen and oxygen atoms in total. The average molecular weight is 545 g/mol. The summed E-state index contributed by atoms with van der Waals surface area (Å²) in [5.74, 6) is -0.434. The van der Waals surface area contributed by atoms with E-state index in [9.17, 15) is 24.5 Å². The van der Waals surface area contributed by atoms with Crippen molar-refractivity contribution in [1.82, 2.24) is 0 Å². The van der Waals surface area contributed by atoms with Crippen LogP contribution in [-0.4, -0.2) is 22.7 Å². The molecule has 3 aromatic rings. The van der Waals surface area contributed by atoms with Gasteiger partial charge in [-0.15, -0.1) is 0 Å². The van der Waals surface area contributed by atoms with E-state index in [1.54, 1.807) is 48.5 Å². The lowest BCUT2D eigenvalue weighted by atomic mass is 9.85. The van der Waals surface area contributed by atoms with Crippen molar-refractivity contribution >= 4 is 40.8 Å². The number of fused-ring (bicyclic) bond motifs is 5. The molecule has 2 fully saturated rings. The van der Waals surface area contributed by atoms with E-state index >= 15 is 0 Å². The molecule has 0 N–H and O–H groups in total. The van der Waals surface area contributed by atoms with Gasteiger partial charge >= 0.3 is 5.97 Å². The van der Waals surface area contributed by atoms with Gasteiger partial charge in [-0.05, 0) is 66.3 Å². The number of nitro groups is 1. The smallest absolute Gasteiger partial charge is 0.338 e. The molecule has 0 unspecified atom stereocenters. The first-order valence-corrected chi connectivity index (χ1v) is 12.7. The second-order valence-corrected chi connectivity index (χ2v) is 10.2. The van der Waals surface area contributed by atoms with Crippen molar-refractivity contribution in [2.24, 2.45) is 23.7 Å². The quantitative estimate of drug-likeness (QED) is 0.123. The van der Waals surface area contributed by atoms with Crippen molar-refractivity contribution in [1.29, 1.82) is 0 Å². The lowest BCUT2D eigenvalue weighted by molar-refractivity contribution is -0.384. The Bertz CT molecular complexity index is 1500. The van der Waals surface area contributed by atoms with E-state index in [2.05, 4.69) is 12.2 Å². The lowest BCUT2D eigenvalue weighted by Crippen LogP contribution is -2.32. The minimum atomic E-state index is -0.544. The molecule has 6 rings (SSSR count). The molecule has 3 aliphatic rings. The number of nitro benzene ring substituents is 1. The maximum absolute atomic E-state index is 13.0. The van der Waals surface area contributed by atoms with Gasteiger partial charge in [0.15, 0.2) is 0 Å². The Morgan fingerprint density at radius 2 is 1.59 bits per heavy atom. The number of carbonyl (C=O) groups is 3. The number of amides is 2. The first-order valence-electron chi connectivity index (χ1n) is 12.3. The molecule has 1 saturated carbocycles.